The second-order valence-electron chi connectivity index (χ2n) is 9.41. The van der Waals surface area contributed by atoms with Crippen molar-refractivity contribution < 1.29 is 19.4 Å². The molecule has 0 saturated carbocycles. The second-order valence-corrected chi connectivity index (χ2v) is 9.41. The lowest BCUT2D eigenvalue weighted by molar-refractivity contribution is -0.137. The molecule has 186 valence electrons. The zero-order chi connectivity index (χ0) is 25.9. The quantitative estimate of drug-likeness (QED) is 0.347. The summed E-state index contributed by atoms with van der Waals surface area (Å²) in [7, 11) is 3.21. The lowest BCUT2D eigenvalue weighted by atomic mass is 9.80. The molecule has 1 N–H and O–H groups in total. The molecule has 0 fully saturated rings. The van der Waals surface area contributed by atoms with E-state index in [9.17, 15) is 9.59 Å². The number of rotatable bonds is 9. The molecule has 0 aliphatic rings. The molecule has 4 aromatic rings. The van der Waals surface area contributed by atoms with Crippen molar-refractivity contribution in [3.05, 3.63) is 88.2 Å². The Morgan fingerprint density at radius 2 is 1.58 bits per heavy atom. The third-order valence-corrected chi connectivity index (χ3v) is 6.56. The van der Waals surface area contributed by atoms with Gasteiger partial charge in [-0.05, 0) is 47.2 Å². The smallest absolute Gasteiger partial charge is 0.303 e. The fourth-order valence-electron chi connectivity index (χ4n) is 4.25. The number of fused-ring (bicyclic) bond motifs is 1. The number of carbonyl (C=O) groups is 1. The summed E-state index contributed by atoms with van der Waals surface area (Å²) in [5.74, 6) is 0.585. The van der Waals surface area contributed by atoms with Crippen LogP contribution in [-0.2, 0) is 16.8 Å². The highest BCUT2D eigenvalue weighted by Crippen LogP contribution is 2.30. The van der Waals surface area contributed by atoms with Gasteiger partial charge < -0.3 is 19.1 Å². The standard InChI is InChI=1S/C29H30N2O5/c1-29(2,16-15-26(32)33)21-9-7-20(8-10-21)27-28(34)31(18-19-5-11-22(35-3)12-6-19)25-17-23(36-4)13-14-24(25)30-27/h5-14,17H,15-16,18H2,1-4H3,(H,32,33). The maximum Gasteiger partial charge on any atom is 0.303 e. The third kappa shape index (κ3) is 5.25. The van der Waals surface area contributed by atoms with Gasteiger partial charge in [0.2, 0.25) is 0 Å². The van der Waals surface area contributed by atoms with Gasteiger partial charge in [0.1, 0.15) is 17.2 Å². The van der Waals surface area contributed by atoms with Crippen LogP contribution in [0.25, 0.3) is 22.3 Å². The van der Waals surface area contributed by atoms with Crippen molar-refractivity contribution >= 4 is 17.0 Å². The van der Waals surface area contributed by atoms with Gasteiger partial charge in [0, 0.05) is 18.1 Å². The Hall–Kier alpha value is -4.13. The topological polar surface area (TPSA) is 90.7 Å². The third-order valence-electron chi connectivity index (χ3n) is 6.56. The average Bonchev–Trinajstić information content (AvgIpc) is 2.89. The van der Waals surface area contributed by atoms with Crippen LogP contribution in [0.4, 0.5) is 0 Å². The summed E-state index contributed by atoms with van der Waals surface area (Å²) in [5, 5.41) is 9.07. The van der Waals surface area contributed by atoms with Crippen LogP contribution in [0.2, 0.25) is 0 Å². The monoisotopic (exact) mass is 486 g/mol. The van der Waals surface area contributed by atoms with E-state index in [-0.39, 0.29) is 17.4 Å². The molecule has 0 aliphatic carbocycles. The largest absolute Gasteiger partial charge is 0.497 e. The first-order valence-electron chi connectivity index (χ1n) is 11.8. The lowest BCUT2D eigenvalue weighted by Gasteiger charge is -2.24. The molecule has 3 aromatic carbocycles. The fourth-order valence-corrected chi connectivity index (χ4v) is 4.25. The Balaban J connectivity index is 1.78. The highest BCUT2D eigenvalue weighted by atomic mass is 16.5. The van der Waals surface area contributed by atoms with Gasteiger partial charge in [0.05, 0.1) is 31.8 Å². The molecule has 0 aliphatic heterocycles. The van der Waals surface area contributed by atoms with E-state index < -0.39 is 5.97 Å². The van der Waals surface area contributed by atoms with Gasteiger partial charge in [-0.2, -0.15) is 0 Å². The minimum absolute atomic E-state index is 0.0977. The van der Waals surface area contributed by atoms with E-state index in [4.69, 9.17) is 19.6 Å². The first-order valence-corrected chi connectivity index (χ1v) is 11.8. The van der Waals surface area contributed by atoms with Crippen LogP contribution in [0.5, 0.6) is 11.5 Å². The minimum Gasteiger partial charge on any atom is -0.497 e. The second kappa shape index (κ2) is 10.2. The molecule has 7 heteroatoms. The van der Waals surface area contributed by atoms with Crippen LogP contribution in [0.15, 0.2) is 71.5 Å². The van der Waals surface area contributed by atoms with Crippen molar-refractivity contribution in [3.63, 3.8) is 0 Å². The van der Waals surface area contributed by atoms with Crippen molar-refractivity contribution in [1.29, 1.82) is 0 Å². The molecule has 0 bridgehead atoms. The Morgan fingerprint density at radius 1 is 0.944 bits per heavy atom. The van der Waals surface area contributed by atoms with E-state index in [1.54, 1.807) is 18.8 Å². The summed E-state index contributed by atoms with van der Waals surface area (Å²) in [6, 6.07) is 20.8. The average molecular weight is 487 g/mol. The van der Waals surface area contributed by atoms with Gasteiger partial charge in [-0.15, -0.1) is 0 Å². The van der Waals surface area contributed by atoms with Crippen molar-refractivity contribution in [2.24, 2.45) is 0 Å². The van der Waals surface area contributed by atoms with Crippen LogP contribution < -0.4 is 15.0 Å². The Labute approximate surface area is 210 Å². The van der Waals surface area contributed by atoms with Crippen LogP contribution in [-0.4, -0.2) is 34.8 Å². The summed E-state index contributed by atoms with van der Waals surface area (Å²) in [6.07, 6.45) is 0.618. The van der Waals surface area contributed by atoms with Crippen LogP contribution in [0.3, 0.4) is 0 Å². The number of aliphatic carboxylic acids is 1. The lowest BCUT2D eigenvalue weighted by Crippen LogP contribution is -2.24. The van der Waals surface area contributed by atoms with Gasteiger partial charge in [-0.25, -0.2) is 4.98 Å². The molecule has 4 rings (SSSR count). The van der Waals surface area contributed by atoms with Crippen LogP contribution in [0, 0.1) is 0 Å². The fraction of sp³-hybridized carbons (Fsp3) is 0.276. The molecular weight excluding hydrogens is 456 g/mol. The number of methoxy groups -OCH3 is 2. The summed E-state index contributed by atoms with van der Waals surface area (Å²) < 4.78 is 12.4. The van der Waals surface area contributed by atoms with Crippen LogP contribution >= 0.6 is 0 Å². The SMILES string of the molecule is COc1ccc(Cn2c(=O)c(-c3ccc(C(C)(C)CCC(=O)O)cc3)nc3ccc(OC)cc32)cc1. The van der Waals surface area contributed by atoms with Gasteiger partial charge >= 0.3 is 5.97 Å². The predicted octanol–water partition coefficient (Wildman–Crippen LogP) is 5.27. The van der Waals surface area contributed by atoms with Gasteiger partial charge in [0.25, 0.3) is 5.56 Å². The Kier molecular flexibility index (Phi) is 7.10. The van der Waals surface area contributed by atoms with Crippen LogP contribution in [0.1, 0.15) is 37.8 Å². The zero-order valence-electron chi connectivity index (χ0n) is 20.9. The number of nitrogens with zero attached hydrogens (tertiary/aromatic N) is 2. The molecule has 1 heterocycles. The zero-order valence-corrected chi connectivity index (χ0v) is 20.9. The number of hydrogen-bond acceptors (Lipinski definition) is 5. The number of hydrogen-bond donors (Lipinski definition) is 1. The van der Waals surface area contributed by atoms with Gasteiger partial charge in [-0.1, -0.05) is 50.2 Å². The predicted molar refractivity (Wildman–Crippen MR) is 140 cm³/mol. The number of carboxylic acid groups (broad SMARTS) is 1. The minimum atomic E-state index is -0.811. The molecule has 0 atom stereocenters. The number of aromatic nitrogens is 2. The Morgan fingerprint density at radius 3 is 2.19 bits per heavy atom. The molecule has 1 aromatic heterocycles. The molecular formula is C29H30N2O5. The summed E-state index contributed by atoms with van der Waals surface area (Å²) in [6.45, 7) is 4.41. The van der Waals surface area contributed by atoms with Gasteiger partial charge in [0.15, 0.2) is 0 Å². The number of carboxylic acids is 1. The molecule has 7 nitrogen and oxygen atoms in total. The molecule has 0 radical (unpaired) electrons. The molecule has 0 spiro atoms. The molecule has 36 heavy (non-hydrogen) atoms. The summed E-state index contributed by atoms with van der Waals surface area (Å²) in [4.78, 5) is 29.5. The summed E-state index contributed by atoms with van der Waals surface area (Å²) in [5.41, 5.74) is 3.89. The van der Waals surface area contributed by atoms with E-state index in [1.165, 1.54) is 0 Å². The van der Waals surface area contributed by atoms with E-state index >= 15 is 0 Å². The first kappa shape index (κ1) is 25.0. The first-order chi connectivity index (χ1) is 17.2. The summed E-state index contributed by atoms with van der Waals surface area (Å²) >= 11 is 0. The van der Waals surface area contributed by atoms with E-state index in [0.29, 0.717) is 41.0 Å². The van der Waals surface area contributed by atoms with Crippen molar-refractivity contribution in [3.8, 4) is 22.8 Å². The van der Waals surface area contributed by atoms with Gasteiger partial charge in [-0.3, -0.25) is 9.59 Å². The highest BCUT2D eigenvalue weighted by molar-refractivity contribution is 5.79. The number of ether oxygens (including phenoxy) is 2. The molecule has 0 unspecified atom stereocenters. The normalized spacial score (nSPS) is 11.4. The van der Waals surface area contributed by atoms with E-state index in [2.05, 4.69) is 0 Å². The van der Waals surface area contributed by atoms with E-state index in [1.807, 2.05) is 80.6 Å². The van der Waals surface area contributed by atoms with Crippen molar-refractivity contribution in [2.75, 3.05) is 14.2 Å². The maximum absolute atomic E-state index is 13.7. The maximum atomic E-state index is 13.7. The van der Waals surface area contributed by atoms with Crippen molar-refractivity contribution in [2.45, 2.75) is 38.6 Å². The highest BCUT2D eigenvalue weighted by Gasteiger charge is 2.22. The van der Waals surface area contributed by atoms with Crippen molar-refractivity contribution in [1.82, 2.24) is 9.55 Å². The molecule has 0 saturated heterocycles. The Bertz CT molecular complexity index is 1440. The number of benzene rings is 3. The molecule has 0 amide bonds. The van der Waals surface area contributed by atoms with E-state index in [0.717, 1.165) is 16.9 Å².